The van der Waals surface area contributed by atoms with Crippen molar-refractivity contribution in [2.24, 2.45) is 0 Å². The number of hydrogen-bond acceptors (Lipinski definition) is 4. The second-order valence-corrected chi connectivity index (χ2v) is 6.09. The summed E-state index contributed by atoms with van der Waals surface area (Å²) in [6, 6.07) is 20.8. The summed E-state index contributed by atoms with van der Waals surface area (Å²) in [6.07, 6.45) is 0. The monoisotopic (exact) mass is 360 g/mol. The Hall–Kier alpha value is -1.50. The van der Waals surface area contributed by atoms with Gasteiger partial charge in [0.15, 0.2) is 0 Å². The first-order valence-electron chi connectivity index (χ1n) is 9.11. The van der Waals surface area contributed by atoms with Gasteiger partial charge in [0.05, 0.1) is 0 Å². The molecule has 0 unspecified atom stereocenters. The maximum Gasteiger partial charge on any atom is 0.346 e. The van der Waals surface area contributed by atoms with Gasteiger partial charge in [-0.25, -0.2) is 0 Å². The zero-order valence-electron chi connectivity index (χ0n) is 16.0. The zero-order valence-corrected chi connectivity index (χ0v) is 17.4. The van der Waals surface area contributed by atoms with Gasteiger partial charge in [0, 0.05) is 26.2 Å². The van der Waals surface area contributed by atoms with Crippen molar-refractivity contribution < 1.29 is 9.05 Å². The predicted molar refractivity (Wildman–Crippen MR) is 108 cm³/mol. The molecule has 0 spiro atoms. The predicted octanol–water partition coefficient (Wildman–Crippen LogP) is 3.89. The van der Waals surface area contributed by atoms with Crippen LogP contribution < -0.4 is 0 Å². The molecule has 0 fully saturated rings. The number of benzene rings is 2. The molecule has 0 bridgehead atoms. The minimum Gasteiger partial charge on any atom is -0.315 e. The Kier molecular flexibility index (Phi) is 11.8. The van der Waals surface area contributed by atoms with E-state index in [4.69, 9.17) is 9.05 Å². The van der Waals surface area contributed by atoms with Crippen molar-refractivity contribution in [3.63, 3.8) is 0 Å². The van der Waals surface area contributed by atoms with Crippen molar-refractivity contribution in [2.45, 2.75) is 27.7 Å². The van der Waals surface area contributed by atoms with E-state index < -0.39 is 10.0 Å². The van der Waals surface area contributed by atoms with Crippen LogP contribution in [-0.4, -0.2) is 46.3 Å². The van der Waals surface area contributed by atoms with Gasteiger partial charge in [0.25, 0.3) is 0 Å². The van der Waals surface area contributed by atoms with Crippen LogP contribution in [0.1, 0.15) is 27.7 Å². The maximum atomic E-state index is 5.48. The van der Waals surface area contributed by atoms with Gasteiger partial charge >= 0.3 is 10.0 Å². The Morgan fingerprint density at radius 3 is 1.20 bits per heavy atom. The third-order valence-corrected chi connectivity index (χ3v) is 4.70. The molecule has 0 heterocycles. The molecule has 2 aromatic carbocycles. The van der Waals surface area contributed by atoms with Crippen LogP contribution in [-0.2, 0) is 9.05 Å². The van der Waals surface area contributed by atoms with Crippen LogP contribution in [0.3, 0.4) is 0 Å². The first-order chi connectivity index (χ1) is 12.2. The molecule has 0 amide bonds. The molecule has 0 aliphatic rings. The zero-order chi connectivity index (χ0) is 18.3. The summed E-state index contributed by atoms with van der Waals surface area (Å²) in [4.78, 5) is 0. The summed E-state index contributed by atoms with van der Waals surface area (Å²) < 4.78 is 11.0. The first-order valence-corrected chi connectivity index (χ1v) is 10.3. The standard InChI is InChI=1S/C12H10.C8H22N2O2Si/c1-3-7-11(8-4-1)12-9-5-2-6-10-12;1-5-9(6-2)11-13-12-10(7-3)8-4/h1-10H;5-8,13H2,1-4H3. The van der Waals surface area contributed by atoms with Crippen molar-refractivity contribution in [3.05, 3.63) is 60.7 Å². The molecule has 0 aromatic heterocycles. The molecule has 0 aliphatic carbocycles. The van der Waals surface area contributed by atoms with Gasteiger partial charge in [0.2, 0.25) is 0 Å². The van der Waals surface area contributed by atoms with E-state index in [-0.39, 0.29) is 0 Å². The van der Waals surface area contributed by atoms with E-state index >= 15 is 0 Å². The van der Waals surface area contributed by atoms with Crippen LogP contribution in [0.25, 0.3) is 11.1 Å². The van der Waals surface area contributed by atoms with Crippen LogP contribution in [0.2, 0.25) is 0 Å². The van der Waals surface area contributed by atoms with E-state index in [9.17, 15) is 0 Å². The molecule has 0 radical (unpaired) electrons. The molecule has 0 saturated heterocycles. The van der Waals surface area contributed by atoms with Crippen LogP contribution in [0.5, 0.6) is 0 Å². The van der Waals surface area contributed by atoms with Crippen molar-refractivity contribution in [3.8, 4) is 11.1 Å². The average molecular weight is 361 g/mol. The highest BCUT2D eigenvalue weighted by atomic mass is 28.3. The Labute approximate surface area is 155 Å². The van der Waals surface area contributed by atoms with Gasteiger partial charge in [-0.3, -0.25) is 0 Å². The van der Waals surface area contributed by atoms with Crippen LogP contribution in [0.15, 0.2) is 60.7 Å². The molecule has 0 saturated carbocycles. The fourth-order valence-corrected chi connectivity index (χ4v) is 3.32. The van der Waals surface area contributed by atoms with Crippen LogP contribution >= 0.6 is 0 Å². The molecule has 138 valence electrons. The highest BCUT2D eigenvalue weighted by molar-refractivity contribution is 6.17. The normalized spacial score (nSPS) is 10.6. The third kappa shape index (κ3) is 8.95. The van der Waals surface area contributed by atoms with E-state index in [1.165, 1.54) is 11.1 Å². The van der Waals surface area contributed by atoms with E-state index in [1.807, 2.05) is 22.3 Å². The minimum absolute atomic E-state index is 0.876. The first kappa shape index (κ1) is 21.5. The van der Waals surface area contributed by atoms with Gasteiger partial charge in [0.1, 0.15) is 0 Å². The molecular formula is C20H32N2O2Si. The van der Waals surface area contributed by atoms with E-state index in [0.717, 1.165) is 26.2 Å². The number of rotatable bonds is 9. The third-order valence-electron chi connectivity index (χ3n) is 3.76. The van der Waals surface area contributed by atoms with Crippen LogP contribution in [0, 0.1) is 0 Å². The lowest BCUT2D eigenvalue weighted by molar-refractivity contribution is -0.119. The largest absolute Gasteiger partial charge is 0.346 e. The van der Waals surface area contributed by atoms with Gasteiger partial charge in [-0.1, -0.05) is 88.4 Å². The van der Waals surface area contributed by atoms with Crippen molar-refractivity contribution in [1.29, 1.82) is 0 Å². The summed E-state index contributed by atoms with van der Waals surface area (Å²) >= 11 is 0. The van der Waals surface area contributed by atoms with Crippen molar-refractivity contribution in [2.75, 3.05) is 26.2 Å². The van der Waals surface area contributed by atoms with Gasteiger partial charge in [-0.15, -0.1) is 0 Å². The summed E-state index contributed by atoms with van der Waals surface area (Å²) in [5, 5.41) is 3.85. The van der Waals surface area contributed by atoms with Crippen molar-refractivity contribution in [1.82, 2.24) is 10.1 Å². The summed E-state index contributed by atoms with van der Waals surface area (Å²) in [5.41, 5.74) is 2.55. The fourth-order valence-electron chi connectivity index (χ4n) is 2.25. The SMILES string of the molecule is CCN(CC)O[SiH2]ON(CC)CC.c1ccc(-c2ccccc2)cc1. The van der Waals surface area contributed by atoms with Gasteiger partial charge in [-0.2, -0.15) is 10.1 Å². The molecule has 2 aromatic rings. The quantitative estimate of drug-likeness (QED) is 0.500. The van der Waals surface area contributed by atoms with E-state index in [0.29, 0.717) is 0 Å². The fraction of sp³-hybridized carbons (Fsp3) is 0.400. The number of hydrogen-bond donors (Lipinski definition) is 0. The molecule has 0 aliphatic heterocycles. The second kappa shape index (κ2) is 13.8. The Balaban J connectivity index is 0.000000250. The minimum atomic E-state index is -0.876. The van der Waals surface area contributed by atoms with E-state index in [2.05, 4.69) is 76.2 Å². The summed E-state index contributed by atoms with van der Waals surface area (Å²) in [5.74, 6) is 0. The lowest BCUT2D eigenvalue weighted by Gasteiger charge is -2.22. The topological polar surface area (TPSA) is 24.9 Å². The van der Waals surface area contributed by atoms with E-state index in [1.54, 1.807) is 0 Å². The number of nitrogens with zero attached hydrogens (tertiary/aromatic N) is 2. The summed E-state index contributed by atoms with van der Waals surface area (Å²) in [6.45, 7) is 12.0. The lowest BCUT2D eigenvalue weighted by atomic mass is 10.1. The molecule has 25 heavy (non-hydrogen) atoms. The number of hydroxylamine groups is 4. The molecule has 5 heteroatoms. The van der Waals surface area contributed by atoms with Gasteiger partial charge in [-0.05, 0) is 11.1 Å². The lowest BCUT2D eigenvalue weighted by Crippen LogP contribution is -2.31. The smallest absolute Gasteiger partial charge is 0.315 e. The molecule has 0 N–H and O–H groups in total. The highest BCUT2D eigenvalue weighted by Gasteiger charge is 2.02. The Bertz CT molecular complexity index is 482. The van der Waals surface area contributed by atoms with Crippen LogP contribution in [0.4, 0.5) is 0 Å². The maximum absolute atomic E-state index is 5.48. The average Bonchev–Trinajstić information content (AvgIpc) is 2.70. The second-order valence-electron chi connectivity index (χ2n) is 5.34. The summed E-state index contributed by atoms with van der Waals surface area (Å²) in [7, 11) is -0.876. The Morgan fingerprint density at radius 2 is 0.920 bits per heavy atom. The molecule has 0 atom stereocenters. The van der Waals surface area contributed by atoms with Gasteiger partial charge < -0.3 is 9.05 Å². The molecule has 2 rings (SSSR count). The Morgan fingerprint density at radius 1 is 0.600 bits per heavy atom. The molecule has 4 nitrogen and oxygen atoms in total. The molecular weight excluding hydrogens is 328 g/mol. The van der Waals surface area contributed by atoms with Crippen molar-refractivity contribution >= 4 is 10.0 Å². The highest BCUT2D eigenvalue weighted by Crippen LogP contribution is 2.17.